The van der Waals surface area contributed by atoms with E-state index in [4.69, 9.17) is 23.5 Å². The van der Waals surface area contributed by atoms with Gasteiger partial charge in [0, 0.05) is 13.0 Å². The van der Waals surface area contributed by atoms with E-state index < -0.39 is 59.8 Å². The number of rotatable bonds is 31. The lowest BCUT2D eigenvalue weighted by Crippen LogP contribution is -2.60. The molecule has 49 heavy (non-hydrogen) atoms. The summed E-state index contributed by atoms with van der Waals surface area (Å²) in [4.78, 5) is 12.6. The zero-order valence-electron chi connectivity index (χ0n) is 30.0. The monoisotopic (exact) mass is 722 g/mol. The predicted octanol–water partition coefficient (Wildman–Crippen LogP) is 6.12. The van der Waals surface area contributed by atoms with Crippen LogP contribution in [0.1, 0.15) is 136 Å². The van der Waals surface area contributed by atoms with E-state index in [0.29, 0.717) is 13.0 Å². The van der Waals surface area contributed by atoms with Gasteiger partial charge >= 0.3 is 16.4 Å². The van der Waals surface area contributed by atoms with Crippen molar-refractivity contribution in [3.63, 3.8) is 0 Å². The van der Waals surface area contributed by atoms with Crippen molar-refractivity contribution >= 4 is 16.4 Å². The van der Waals surface area contributed by atoms with Gasteiger partial charge in [0.1, 0.15) is 30.5 Å². The molecule has 1 heterocycles. The number of carbonyl (C=O) groups excluding carboxylic acids is 1. The van der Waals surface area contributed by atoms with Crippen LogP contribution in [0.3, 0.4) is 0 Å². The molecule has 0 saturated carbocycles. The van der Waals surface area contributed by atoms with Crippen molar-refractivity contribution in [2.75, 3.05) is 26.4 Å². The molecule has 1 rings (SSSR count). The summed E-state index contributed by atoms with van der Waals surface area (Å²) in [5.41, 5.74) is 0. The summed E-state index contributed by atoms with van der Waals surface area (Å²) in [5.74, 6) is -0.412. The van der Waals surface area contributed by atoms with Gasteiger partial charge in [-0.25, -0.2) is 4.18 Å². The first-order chi connectivity index (χ1) is 23.6. The molecule has 6 unspecified atom stereocenters. The van der Waals surface area contributed by atoms with Crippen LogP contribution >= 0.6 is 0 Å². The zero-order chi connectivity index (χ0) is 36.2. The average Bonchev–Trinajstić information content (AvgIpc) is 3.06. The lowest BCUT2D eigenvalue weighted by atomic mass is 9.99. The van der Waals surface area contributed by atoms with Gasteiger partial charge < -0.3 is 34.3 Å². The maximum atomic E-state index is 12.6. The van der Waals surface area contributed by atoms with Gasteiger partial charge in [-0.3, -0.25) is 9.35 Å². The fourth-order valence-corrected chi connectivity index (χ4v) is 5.96. The molecule has 0 amide bonds. The largest absolute Gasteiger partial charge is 0.457 e. The second-order valence-electron chi connectivity index (χ2n) is 12.8. The summed E-state index contributed by atoms with van der Waals surface area (Å²) in [7, 11) is -5.05. The number of hydrogen-bond donors (Lipinski definition) is 4. The molecule has 0 spiro atoms. The molecule has 1 fully saturated rings. The molecule has 12 nitrogen and oxygen atoms in total. The lowest BCUT2D eigenvalue weighted by molar-refractivity contribution is -0.301. The van der Waals surface area contributed by atoms with E-state index in [-0.39, 0.29) is 19.6 Å². The number of esters is 1. The van der Waals surface area contributed by atoms with Gasteiger partial charge in [0.05, 0.1) is 19.8 Å². The first-order valence-corrected chi connectivity index (χ1v) is 20.0. The van der Waals surface area contributed by atoms with Crippen LogP contribution in [0, 0.1) is 0 Å². The second-order valence-corrected chi connectivity index (χ2v) is 13.9. The number of unbranched alkanes of at least 4 members (excludes halogenated alkanes) is 14. The van der Waals surface area contributed by atoms with Crippen LogP contribution in [0.2, 0.25) is 0 Å². The maximum absolute atomic E-state index is 12.6. The Kier molecular flexibility index (Phi) is 27.2. The SMILES string of the molecule is CCCC/C=C\C/C=C\CCCCCCCCOCC(COC1OC(CO)C(O)C(OS(=O)(=O)O)C1O)OC(=O)CCCCCCCCC. The third kappa shape index (κ3) is 23.6. The highest BCUT2D eigenvalue weighted by molar-refractivity contribution is 7.80. The minimum atomic E-state index is -5.05. The van der Waals surface area contributed by atoms with Crippen molar-refractivity contribution in [1.29, 1.82) is 0 Å². The Morgan fingerprint density at radius 1 is 0.776 bits per heavy atom. The number of hydrogen-bond acceptors (Lipinski definition) is 11. The molecular weight excluding hydrogens is 656 g/mol. The third-order valence-electron chi connectivity index (χ3n) is 8.33. The lowest BCUT2D eigenvalue weighted by Gasteiger charge is -2.41. The van der Waals surface area contributed by atoms with Crippen molar-refractivity contribution in [2.24, 2.45) is 0 Å². The molecular formula is C36H66O12S. The molecule has 0 aromatic rings. The van der Waals surface area contributed by atoms with Gasteiger partial charge in [0.2, 0.25) is 0 Å². The standard InChI is InChI=1S/C36H66O12S/c1-3-5-7-9-11-12-13-14-15-16-17-18-20-22-24-26-44-28-30(46-32(38)25-23-21-19-10-8-6-4-2)29-45-36-34(40)35(48-49(41,42)43)33(39)31(27-37)47-36/h9,11,13-14,30-31,33-37,39-40H,3-8,10,12,15-29H2,1-2H3,(H,41,42,43)/b11-9-,14-13-. The Balaban J connectivity index is 2.49. The summed E-state index contributed by atoms with van der Waals surface area (Å²) in [5, 5.41) is 30.4. The van der Waals surface area contributed by atoms with Crippen molar-refractivity contribution in [1.82, 2.24) is 0 Å². The van der Waals surface area contributed by atoms with E-state index in [1.54, 1.807) is 0 Å². The molecule has 1 aliphatic rings. The molecule has 0 aromatic carbocycles. The van der Waals surface area contributed by atoms with Crippen molar-refractivity contribution in [3.8, 4) is 0 Å². The number of ether oxygens (including phenoxy) is 4. The highest BCUT2D eigenvalue weighted by Gasteiger charge is 2.48. The van der Waals surface area contributed by atoms with E-state index in [1.165, 1.54) is 44.9 Å². The van der Waals surface area contributed by atoms with Crippen LogP contribution in [-0.2, 0) is 38.3 Å². The van der Waals surface area contributed by atoms with Gasteiger partial charge in [0.15, 0.2) is 6.29 Å². The van der Waals surface area contributed by atoms with Crippen LogP contribution in [0.25, 0.3) is 0 Å². The molecule has 0 bridgehead atoms. The number of carbonyl (C=O) groups is 1. The third-order valence-corrected chi connectivity index (χ3v) is 8.79. The minimum Gasteiger partial charge on any atom is -0.457 e. The highest BCUT2D eigenvalue weighted by Crippen LogP contribution is 2.26. The van der Waals surface area contributed by atoms with Crippen molar-refractivity contribution in [2.45, 2.75) is 173 Å². The van der Waals surface area contributed by atoms with Crippen molar-refractivity contribution in [3.05, 3.63) is 24.3 Å². The van der Waals surface area contributed by atoms with Gasteiger partial charge in [-0.15, -0.1) is 0 Å². The molecule has 0 radical (unpaired) electrons. The van der Waals surface area contributed by atoms with Gasteiger partial charge in [-0.1, -0.05) is 115 Å². The maximum Gasteiger partial charge on any atom is 0.397 e. The molecule has 1 aliphatic heterocycles. The van der Waals surface area contributed by atoms with Gasteiger partial charge in [-0.05, 0) is 38.5 Å². The van der Waals surface area contributed by atoms with E-state index in [1.807, 2.05) is 0 Å². The second kappa shape index (κ2) is 29.2. The van der Waals surface area contributed by atoms with Crippen LogP contribution < -0.4 is 0 Å². The minimum absolute atomic E-state index is 0.0305. The smallest absolute Gasteiger partial charge is 0.397 e. The Labute approximate surface area is 295 Å². The molecule has 4 N–H and O–H groups in total. The van der Waals surface area contributed by atoms with Gasteiger partial charge in [0.25, 0.3) is 0 Å². The van der Waals surface area contributed by atoms with Crippen LogP contribution in [0.4, 0.5) is 0 Å². The van der Waals surface area contributed by atoms with Gasteiger partial charge in [-0.2, -0.15) is 8.42 Å². The molecule has 1 saturated heterocycles. The van der Waals surface area contributed by atoms with E-state index >= 15 is 0 Å². The predicted molar refractivity (Wildman–Crippen MR) is 188 cm³/mol. The molecule has 288 valence electrons. The summed E-state index contributed by atoms with van der Waals surface area (Å²) >= 11 is 0. The van der Waals surface area contributed by atoms with E-state index in [9.17, 15) is 28.5 Å². The zero-order valence-corrected chi connectivity index (χ0v) is 30.8. The molecule has 6 atom stereocenters. The Hall–Kier alpha value is -1.42. The first-order valence-electron chi connectivity index (χ1n) is 18.6. The number of aliphatic hydroxyl groups excluding tert-OH is 3. The quantitative estimate of drug-likeness (QED) is 0.0279. The molecule has 13 heteroatoms. The van der Waals surface area contributed by atoms with Crippen LogP contribution in [-0.4, -0.2) is 97.5 Å². The first kappa shape index (κ1) is 45.6. The summed E-state index contributed by atoms with van der Waals surface area (Å²) < 4.78 is 58.6. The topological polar surface area (TPSA) is 178 Å². The average molecular weight is 723 g/mol. The van der Waals surface area contributed by atoms with Crippen molar-refractivity contribution < 1.29 is 56.2 Å². The number of aliphatic hydroxyl groups is 3. The Morgan fingerprint density at radius 2 is 1.37 bits per heavy atom. The molecule has 0 aliphatic carbocycles. The van der Waals surface area contributed by atoms with Crippen LogP contribution in [0.15, 0.2) is 24.3 Å². The number of allylic oxidation sites excluding steroid dienone is 4. The Morgan fingerprint density at radius 3 is 2.00 bits per heavy atom. The molecule has 0 aromatic heterocycles. The van der Waals surface area contributed by atoms with E-state index in [2.05, 4.69) is 42.3 Å². The van der Waals surface area contributed by atoms with Crippen LogP contribution in [0.5, 0.6) is 0 Å². The fraction of sp³-hybridized carbons (Fsp3) is 0.861. The summed E-state index contributed by atoms with van der Waals surface area (Å²) in [6.07, 6.45) is 19.6. The summed E-state index contributed by atoms with van der Waals surface area (Å²) in [6.45, 7) is 3.84. The van der Waals surface area contributed by atoms with E-state index in [0.717, 1.165) is 64.2 Å². The summed E-state index contributed by atoms with van der Waals surface area (Å²) in [6, 6.07) is 0. The highest BCUT2D eigenvalue weighted by atomic mass is 32.3. The Bertz CT molecular complexity index is 973. The normalized spacial score (nSPS) is 22.3. The fourth-order valence-electron chi connectivity index (χ4n) is 5.45.